The molecule has 0 saturated carbocycles. The average Bonchev–Trinajstić information content (AvgIpc) is 2.55. The van der Waals surface area contributed by atoms with E-state index in [1.54, 1.807) is 0 Å². The highest BCUT2D eigenvalue weighted by Crippen LogP contribution is 2.11. The maximum Gasteiger partial charge on any atom is 0.317 e. The number of ether oxygens (including phenoxy) is 1. The molecule has 0 aliphatic heterocycles. The molecule has 0 spiro atoms. The van der Waals surface area contributed by atoms with Crippen LogP contribution in [0.5, 0.6) is 0 Å². The number of rotatable bonds is 19. The first-order chi connectivity index (χ1) is 11.7. The van der Waals surface area contributed by atoms with E-state index in [9.17, 15) is 9.90 Å². The molecule has 0 rings (SSSR count). The van der Waals surface area contributed by atoms with Crippen LogP contribution in [0.15, 0.2) is 0 Å². The monoisotopic (exact) mass is 345 g/mol. The van der Waals surface area contributed by atoms with E-state index in [0.29, 0.717) is 6.61 Å². The van der Waals surface area contributed by atoms with E-state index in [4.69, 9.17) is 9.84 Å². The molecule has 24 heavy (non-hydrogen) atoms. The van der Waals surface area contributed by atoms with Gasteiger partial charge in [-0.15, -0.1) is 0 Å². The van der Waals surface area contributed by atoms with Crippen LogP contribution in [0.3, 0.4) is 0 Å². The third kappa shape index (κ3) is 19.4. The summed E-state index contributed by atoms with van der Waals surface area (Å²) in [5, 5.41) is 20.7. The van der Waals surface area contributed by atoms with Crippen LogP contribution in [0.25, 0.3) is 0 Å². The highest BCUT2D eigenvalue weighted by atomic mass is 16.5. The zero-order chi connectivity index (χ0) is 17.9. The SMILES string of the molecule is CCCCCCCCCCCCCCOCC(O)CNCC(=O)O. The van der Waals surface area contributed by atoms with Gasteiger partial charge in [0.15, 0.2) is 0 Å². The van der Waals surface area contributed by atoms with Crippen LogP contribution in [0.4, 0.5) is 0 Å². The molecular formula is C19H39NO4. The second-order valence-corrected chi connectivity index (χ2v) is 6.64. The van der Waals surface area contributed by atoms with Crippen LogP contribution in [-0.4, -0.2) is 48.6 Å². The van der Waals surface area contributed by atoms with Gasteiger partial charge in [-0.25, -0.2) is 0 Å². The Hall–Kier alpha value is -0.650. The molecule has 0 aromatic rings. The number of aliphatic hydroxyl groups is 1. The molecule has 5 nitrogen and oxygen atoms in total. The standard InChI is InChI=1S/C19H39NO4/c1-2-3-4-5-6-7-8-9-10-11-12-13-14-24-17-18(21)15-20-16-19(22)23/h18,20-21H,2-17H2,1H3,(H,22,23). The van der Waals surface area contributed by atoms with Crippen LogP contribution in [0, 0.1) is 0 Å². The summed E-state index contributed by atoms with van der Waals surface area (Å²) < 4.78 is 5.41. The van der Waals surface area contributed by atoms with Crippen molar-refractivity contribution in [3.63, 3.8) is 0 Å². The van der Waals surface area contributed by atoms with Crippen LogP contribution in [0.2, 0.25) is 0 Å². The first-order valence-corrected chi connectivity index (χ1v) is 9.85. The number of nitrogens with one attached hydrogen (secondary N) is 1. The molecule has 3 N–H and O–H groups in total. The van der Waals surface area contributed by atoms with Crippen molar-refractivity contribution in [1.82, 2.24) is 5.32 Å². The van der Waals surface area contributed by atoms with Gasteiger partial charge in [-0.3, -0.25) is 4.79 Å². The molecule has 1 unspecified atom stereocenters. The van der Waals surface area contributed by atoms with Crippen molar-refractivity contribution in [2.45, 2.75) is 90.1 Å². The summed E-state index contributed by atoms with van der Waals surface area (Å²) in [6, 6.07) is 0. The number of aliphatic carboxylic acids is 1. The largest absolute Gasteiger partial charge is 0.480 e. The minimum Gasteiger partial charge on any atom is -0.480 e. The molecule has 0 aliphatic rings. The molecule has 0 heterocycles. The predicted molar refractivity (Wildman–Crippen MR) is 98.4 cm³/mol. The van der Waals surface area contributed by atoms with Crippen LogP contribution >= 0.6 is 0 Å². The van der Waals surface area contributed by atoms with Crippen LogP contribution in [-0.2, 0) is 9.53 Å². The van der Waals surface area contributed by atoms with Crippen molar-refractivity contribution < 1.29 is 19.7 Å². The maximum absolute atomic E-state index is 10.3. The fourth-order valence-corrected chi connectivity index (χ4v) is 2.67. The van der Waals surface area contributed by atoms with Crippen molar-refractivity contribution in [3.8, 4) is 0 Å². The van der Waals surface area contributed by atoms with Gasteiger partial charge in [-0.1, -0.05) is 77.6 Å². The lowest BCUT2D eigenvalue weighted by atomic mass is 10.1. The Labute approximate surface area is 148 Å². The molecule has 0 saturated heterocycles. The minimum atomic E-state index is -0.917. The normalized spacial score (nSPS) is 12.4. The van der Waals surface area contributed by atoms with Crippen molar-refractivity contribution in [1.29, 1.82) is 0 Å². The van der Waals surface area contributed by atoms with E-state index >= 15 is 0 Å². The highest BCUT2D eigenvalue weighted by Gasteiger charge is 2.04. The molecule has 0 radical (unpaired) electrons. The van der Waals surface area contributed by atoms with Gasteiger partial charge >= 0.3 is 5.97 Å². The van der Waals surface area contributed by atoms with Gasteiger partial charge in [0, 0.05) is 13.2 Å². The second-order valence-electron chi connectivity index (χ2n) is 6.64. The van der Waals surface area contributed by atoms with E-state index < -0.39 is 12.1 Å². The third-order valence-electron chi connectivity index (χ3n) is 4.11. The maximum atomic E-state index is 10.3. The fraction of sp³-hybridized carbons (Fsp3) is 0.947. The summed E-state index contributed by atoms with van der Waals surface area (Å²) >= 11 is 0. The minimum absolute atomic E-state index is 0.129. The van der Waals surface area contributed by atoms with Crippen molar-refractivity contribution in [3.05, 3.63) is 0 Å². The van der Waals surface area contributed by atoms with E-state index in [1.165, 1.54) is 70.6 Å². The van der Waals surface area contributed by atoms with Crippen molar-refractivity contribution in [2.24, 2.45) is 0 Å². The molecule has 0 aromatic carbocycles. The summed E-state index contributed by atoms with van der Waals surface area (Å²) in [7, 11) is 0. The number of unbranched alkanes of at least 4 members (excludes halogenated alkanes) is 11. The van der Waals surface area contributed by atoms with E-state index in [-0.39, 0.29) is 19.7 Å². The van der Waals surface area contributed by atoms with Crippen LogP contribution in [0.1, 0.15) is 84.0 Å². The Kier molecular flexibility index (Phi) is 18.2. The molecule has 0 bridgehead atoms. The summed E-state index contributed by atoms with van der Waals surface area (Å²) in [6.07, 6.45) is 15.2. The summed E-state index contributed by atoms with van der Waals surface area (Å²) in [6.45, 7) is 3.32. The molecule has 144 valence electrons. The van der Waals surface area contributed by atoms with Crippen molar-refractivity contribution in [2.75, 3.05) is 26.3 Å². The number of hydrogen-bond donors (Lipinski definition) is 3. The predicted octanol–water partition coefficient (Wildman–Crippen LogP) is 3.74. The molecule has 5 heteroatoms. The average molecular weight is 346 g/mol. The Morgan fingerprint density at radius 2 is 1.42 bits per heavy atom. The summed E-state index contributed by atoms with van der Waals surface area (Å²) in [5.74, 6) is -0.917. The van der Waals surface area contributed by atoms with Crippen molar-refractivity contribution >= 4 is 5.97 Å². The Balaban J connectivity index is 3.10. The Bertz CT molecular complexity index is 274. The number of carbonyl (C=O) groups is 1. The molecule has 1 atom stereocenters. The number of hydrogen-bond acceptors (Lipinski definition) is 4. The molecule has 0 aliphatic carbocycles. The third-order valence-corrected chi connectivity index (χ3v) is 4.11. The van der Waals surface area contributed by atoms with Gasteiger partial charge in [0.25, 0.3) is 0 Å². The number of aliphatic hydroxyl groups excluding tert-OH is 1. The van der Waals surface area contributed by atoms with Gasteiger partial charge in [0.2, 0.25) is 0 Å². The Morgan fingerprint density at radius 3 is 1.92 bits per heavy atom. The van der Waals surface area contributed by atoms with Gasteiger partial charge in [0.1, 0.15) is 0 Å². The summed E-state index contributed by atoms with van der Waals surface area (Å²) in [4.78, 5) is 10.3. The van der Waals surface area contributed by atoms with Gasteiger partial charge < -0.3 is 20.3 Å². The molecule has 0 amide bonds. The zero-order valence-electron chi connectivity index (χ0n) is 15.6. The van der Waals surface area contributed by atoms with E-state index in [0.717, 1.165) is 6.42 Å². The number of carboxylic acids is 1. The first-order valence-electron chi connectivity index (χ1n) is 9.85. The van der Waals surface area contributed by atoms with Gasteiger partial charge in [0.05, 0.1) is 19.3 Å². The zero-order valence-corrected chi connectivity index (χ0v) is 15.6. The molecule has 0 fully saturated rings. The smallest absolute Gasteiger partial charge is 0.317 e. The van der Waals surface area contributed by atoms with Gasteiger partial charge in [-0.05, 0) is 6.42 Å². The molecular weight excluding hydrogens is 306 g/mol. The summed E-state index contributed by atoms with van der Waals surface area (Å²) in [5.41, 5.74) is 0. The fourth-order valence-electron chi connectivity index (χ4n) is 2.67. The topological polar surface area (TPSA) is 78.8 Å². The quantitative estimate of drug-likeness (QED) is 0.311. The lowest BCUT2D eigenvalue weighted by molar-refractivity contribution is -0.136. The molecule has 0 aromatic heterocycles. The second kappa shape index (κ2) is 18.7. The van der Waals surface area contributed by atoms with E-state index in [1.807, 2.05) is 0 Å². The highest BCUT2D eigenvalue weighted by molar-refractivity contribution is 5.68. The lowest BCUT2D eigenvalue weighted by Gasteiger charge is -2.11. The first kappa shape index (κ1) is 23.4. The Morgan fingerprint density at radius 1 is 0.917 bits per heavy atom. The van der Waals surface area contributed by atoms with E-state index in [2.05, 4.69) is 12.2 Å². The number of carboxylic acid groups (broad SMARTS) is 1. The van der Waals surface area contributed by atoms with Gasteiger partial charge in [-0.2, -0.15) is 0 Å². The van der Waals surface area contributed by atoms with Crippen LogP contribution < -0.4 is 5.32 Å². The lowest BCUT2D eigenvalue weighted by Crippen LogP contribution is -2.33.